The van der Waals surface area contributed by atoms with Crippen LogP contribution >= 0.6 is 12.2 Å². The molecule has 1 atom stereocenters. The lowest BCUT2D eigenvalue weighted by atomic mass is 9.49. The highest BCUT2D eigenvalue weighted by Gasteiger charge is 2.50. The third kappa shape index (κ3) is 4.70. The monoisotopic (exact) mass is 352 g/mol. The van der Waals surface area contributed by atoms with E-state index in [1.807, 2.05) is 0 Å². The van der Waals surface area contributed by atoms with Crippen LogP contribution in [-0.4, -0.2) is 42.6 Å². The van der Waals surface area contributed by atoms with Gasteiger partial charge in [0, 0.05) is 19.7 Å². The van der Waals surface area contributed by atoms with Crippen molar-refractivity contribution in [2.75, 3.05) is 26.3 Å². The van der Waals surface area contributed by atoms with Gasteiger partial charge in [0.25, 0.3) is 0 Å². The number of aliphatic hydroxyl groups excluding tert-OH is 1. The highest BCUT2D eigenvalue weighted by Crippen LogP contribution is 2.61. The summed E-state index contributed by atoms with van der Waals surface area (Å²) in [4.78, 5) is 0. The third-order valence-corrected chi connectivity index (χ3v) is 6.45. The van der Waals surface area contributed by atoms with Crippen molar-refractivity contribution in [1.82, 2.24) is 10.6 Å². The molecule has 0 unspecified atom stereocenters. The van der Waals surface area contributed by atoms with Gasteiger partial charge < -0.3 is 20.5 Å². The van der Waals surface area contributed by atoms with Crippen molar-refractivity contribution >= 4 is 17.3 Å². The first-order chi connectivity index (χ1) is 11.6. The summed E-state index contributed by atoms with van der Waals surface area (Å²) in [6.45, 7) is 5.83. The SMILES string of the molecule is C=CCNC(=S)NC[C@H](O)COCCC12CC3CC(CC(C3)C1)C2. The maximum Gasteiger partial charge on any atom is 0.166 e. The van der Waals surface area contributed by atoms with E-state index in [2.05, 4.69) is 17.2 Å². The maximum absolute atomic E-state index is 9.99. The summed E-state index contributed by atoms with van der Waals surface area (Å²) in [7, 11) is 0. The van der Waals surface area contributed by atoms with Crippen LogP contribution in [0.15, 0.2) is 12.7 Å². The van der Waals surface area contributed by atoms with Crippen LogP contribution in [-0.2, 0) is 4.74 Å². The summed E-state index contributed by atoms with van der Waals surface area (Å²) in [5, 5.41) is 16.5. The smallest absolute Gasteiger partial charge is 0.166 e. The predicted molar refractivity (Wildman–Crippen MR) is 101 cm³/mol. The van der Waals surface area contributed by atoms with E-state index in [-0.39, 0.29) is 0 Å². The lowest BCUT2D eigenvalue weighted by molar-refractivity contribution is -0.0728. The van der Waals surface area contributed by atoms with Gasteiger partial charge in [-0.2, -0.15) is 0 Å². The minimum Gasteiger partial charge on any atom is -0.389 e. The van der Waals surface area contributed by atoms with Gasteiger partial charge in [0.2, 0.25) is 0 Å². The summed E-state index contributed by atoms with van der Waals surface area (Å²) >= 11 is 5.10. The minimum atomic E-state index is -0.523. The van der Waals surface area contributed by atoms with E-state index in [0.717, 1.165) is 24.4 Å². The van der Waals surface area contributed by atoms with E-state index in [1.165, 1.54) is 44.9 Å². The Kier molecular flexibility index (Phi) is 6.17. The van der Waals surface area contributed by atoms with Crippen molar-refractivity contribution in [2.24, 2.45) is 23.2 Å². The van der Waals surface area contributed by atoms with Gasteiger partial charge in [-0.15, -0.1) is 6.58 Å². The first kappa shape index (κ1) is 18.2. The van der Waals surface area contributed by atoms with Crippen LogP contribution < -0.4 is 10.6 Å². The van der Waals surface area contributed by atoms with Crippen LogP contribution in [0, 0.1) is 23.2 Å². The van der Waals surface area contributed by atoms with E-state index in [1.54, 1.807) is 6.08 Å². The highest BCUT2D eigenvalue weighted by molar-refractivity contribution is 7.80. The van der Waals surface area contributed by atoms with Crippen molar-refractivity contribution in [3.63, 3.8) is 0 Å². The normalized spacial score (nSPS) is 34.8. The first-order valence-corrected chi connectivity index (χ1v) is 9.88. The molecule has 24 heavy (non-hydrogen) atoms. The topological polar surface area (TPSA) is 53.5 Å². The zero-order valence-electron chi connectivity index (χ0n) is 14.6. The van der Waals surface area contributed by atoms with Crippen LogP contribution in [0.5, 0.6) is 0 Å². The molecule has 0 spiro atoms. The zero-order chi connectivity index (χ0) is 17.0. The third-order valence-electron chi connectivity index (χ3n) is 6.16. The van der Waals surface area contributed by atoms with Gasteiger partial charge in [0.05, 0.1) is 12.7 Å². The Morgan fingerprint density at radius 1 is 1.21 bits per heavy atom. The second-order valence-corrected chi connectivity index (χ2v) is 8.68. The molecular formula is C19H32N2O2S. The number of ether oxygens (including phenoxy) is 1. The van der Waals surface area contributed by atoms with Crippen molar-refractivity contribution < 1.29 is 9.84 Å². The Hall–Kier alpha value is -0.650. The first-order valence-electron chi connectivity index (χ1n) is 9.47. The van der Waals surface area contributed by atoms with Crippen LogP contribution in [0.25, 0.3) is 0 Å². The Morgan fingerprint density at radius 2 is 1.83 bits per heavy atom. The molecule has 4 rings (SSSR count). The Balaban J connectivity index is 1.30. The van der Waals surface area contributed by atoms with Gasteiger partial charge in [-0.1, -0.05) is 6.08 Å². The average Bonchev–Trinajstić information content (AvgIpc) is 2.53. The molecule has 4 saturated carbocycles. The zero-order valence-corrected chi connectivity index (χ0v) is 15.5. The molecule has 0 aromatic rings. The molecule has 0 aromatic carbocycles. The van der Waals surface area contributed by atoms with Crippen molar-refractivity contribution in [3.8, 4) is 0 Å². The number of hydrogen-bond acceptors (Lipinski definition) is 3. The molecular weight excluding hydrogens is 320 g/mol. The van der Waals surface area contributed by atoms with Gasteiger partial charge >= 0.3 is 0 Å². The number of thiocarbonyl (C=S) groups is 1. The molecule has 0 heterocycles. The van der Waals surface area contributed by atoms with Crippen LogP contribution in [0.3, 0.4) is 0 Å². The lowest BCUT2D eigenvalue weighted by Gasteiger charge is -2.57. The van der Waals surface area contributed by atoms with E-state index >= 15 is 0 Å². The number of rotatable bonds is 9. The maximum atomic E-state index is 9.99. The van der Waals surface area contributed by atoms with Crippen molar-refractivity contribution in [2.45, 2.75) is 51.0 Å². The summed E-state index contributed by atoms with van der Waals surface area (Å²) < 4.78 is 5.78. The predicted octanol–water partition coefficient (Wildman–Crippen LogP) is 2.62. The molecule has 4 aliphatic rings. The molecule has 136 valence electrons. The van der Waals surface area contributed by atoms with Crippen LogP contribution in [0.1, 0.15) is 44.9 Å². The second-order valence-electron chi connectivity index (χ2n) is 8.28. The van der Waals surface area contributed by atoms with Gasteiger partial charge in [0.15, 0.2) is 5.11 Å². The molecule has 3 N–H and O–H groups in total. The summed E-state index contributed by atoms with van der Waals surface area (Å²) in [6.07, 6.45) is 11.2. The van der Waals surface area contributed by atoms with Gasteiger partial charge in [-0.05, 0) is 80.3 Å². The fraction of sp³-hybridized carbons (Fsp3) is 0.842. The van der Waals surface area contributed by atoms with Crippen LogP contribution in [0.2, 0.25) is 0 Å². The number of nitrogens with one attached hydrogen (secondary N) is 2. The van der Waals surface area contributed by atoms with Gasteiger partial charge in [0.1, 0.15) is 0 Å². The van der Waals surface area contributed by atoms with E-state index in [0.29, 0.717) is 30.2 Å². The fourth-order valence-electron chi connectivity index (χ4n) is 5.60. The summed E-state index contributed by atoms with van der Waals surface area (Å²) in [6, 6.07) is 0. The average molecular weight is 353 g/mol. The lowest BCUT2D eigenvalue weighted by Crippen LogP contribution is -2.46. The van der Waals surface area contributed by atoms with E-state index in [9.17, 15) is 5.11 Å². The summed E-state index contributed by atoms with van der Waals surface area (Å²) in [5.74, 6) is 2.99. The molecule has 4 aliphatic carbocycles. The molecule has 0 saturated heterocycles. The van der Waals surface area contributed by atoms with Crippen LogP contribution in [0.4, 0.5) is 0 Å². The Labute approximate surface area is 151 Å². The largest absolute Gasteiger partial charge is 0.389 e. The Bertz CT molecular complexity index is 419. The molecule has 0 radical (unpaired) electrons. The van der Waals surface area contributed by atoms with Gasteiger partial charge in [-0.3, -0.25) is 0 Å². The molecule has 5 heteroatoms. The Morgan fingerprint density at radius 3 is 2.42 bits per heavy atom. The van der Waals surface area contributed by atoms with E-state index in [4.69, 9.17) is 17.0 Å². The molecule has 0 amide bonds. The number of aliphatic hydroxyl groups is 1. The van der Waals surface area contributed by atoms with Crippen molar-refractivity contribution in [3.05, 3.63) is 12.7 Å². The fourth-order valence-corrected chi connectivity index (χ4v) is 5.77. The number of hydrogen-bond donors (Lipinski definition) is 3. The van der Waals surface area contributed by atoms with Crippen molar-refractivity contribution in [1.29, 1.82) is 0 Å². The highest BCUT2D eigenvalue weighted by atomic mass is 32.1. The second kappa shape index (κ2) is 8.15. The van der Waals surface area contributed by atoms with E-state index < -0.39 is 6.10 Å². The molecule has 4 nitrogen and oxygen atoms in total. The molecule has 4 fully saturated rings. The standard InChI is InChI=1S/C19H32N2O2S/c1-2-4-20-18(24)21-12-17(22)13-23-5-3-19-9-14-6-15(10-19)8-16(7-14)11-19/h2,14-17,22H,1,3-13H2,(H2,20,21,24)/t14?,15?,16?,17-,19?/m0/s1. The minimum absolute atomic E-state index is 0.378. The molecule has 0 aliphatic heterocycles. The molecule has 4 bridgehead atoms. The quantitative estimate of drug-likeness (QED) is 0.338. The van der Waals surface area contributed by atoms with Gasteiger partial charge in [-0.25, -0.2) is 0 Å². The summed E-state index contributed by atoms with van der Waals surface area (Å²) in [5.41, 5.74) is 0.564. The molecule has 0 aromatic heterocycles.